The Morgan fingerprint density at radius 2 is 2.33 bits per heavy atom. The molecule has 82 valence electrons. The second-order valence-electron chi connectivity index (χ2n) is 2.95. The maximum atomic E-state index is 11.0. The van der Waals surface area contributed by atoms with E-state index < -0.39 is 5.91 Å². The summed E-state index contributed by atoms with van der Waals surface area (Å²) >= 11 is 0. The summed E-state index contributed by atoms with van der Waals surface area (Å²) in [5.41, 5.74) is 5.36. The normalized spacial score (nSPS) is 11.5. The van der Waals surface area contributed by atoms with Crippen LogP contribution >= 0.6 is 0 Å². The highest BCUT2D eigenvalue weighted by Gasteiger charge is 2.12. The molecule has 6 nitrogen and oxygen atoms in total. The van der Waals surface area contributed by atoms with Gasteiger partial charge in [0, 0.05) is 6.92 Å². The molecule has 0 fully saturated rings. The van der Waals surface area contributed by atoms with Crippen LogP contribution in [0.5, 0.6) is 0 Å². The molecule has 0 spiro atoms. The Balaban J connectivity index is 3.03. The Morgan fingerprint density at radius 1 is 1.67 bits per heavy atom. The van der Waals surface area contributed by atoms with Crippen LogP contribution in [0, 0.1) is 6.92 Å². The molecule has 1 heterocycles. The second-order valence-corrected chi connectivity index (χ2v) is 2.95. The number of ether oxygens (including phenoxy) is 1. The predicted octanol–water partition coefficient (Wildman–Crippen LogP) is 0.903. The molecule has 0 atom stereocenters. The van der Waals surface area contributed by atoms with Crippen LogP contribution in [0.2, 0.25) is 0 Å². The number of hydrogen-bond acceptors (Lipinski definition) is 4. The lowest BCUT2D eigenvalue weighted by Gasteiger charge is -1.99. The van der Waals surface area contributed by atoms with Crippen LogP contribution in [0.25, 0.3) is 0 Å². The van der Waals surface area contributed by atoms with Crippen molar-refractivity contribution < 1.29 is 9.53 Å². The van der Waals surface area contributed by atoms with E-state index in [9.17, 15) is 4.79 Å². The van der Waals surface area contributed by atoms with Gasteiger partial charge in [0.1, 0.15) is 5.82 Å². The van der Waals surface area contributed by atoms with E-state index in [0.717, 1.165) is 0 Å². The first-order valence-corrected chi connectivity index (χ1v) is 4.59. The summed E-state index contributed by atoms with van der Waals surface area (Å²) in [6.07, 6.45) is 0. The number of aryl methyl sites for hydroxylation is 1. The number of primary amides is 1. The fourth-order valence-corrected chi connectivity index (χ4v) is 1.12. The maximum Gasteiger partial charge on any atom is 0.269 e. The monoisotopic (exact) mass is 210 g/mol. The van der Waals surface area contributed by atoms with Crippen molar-refractivity contribution in [3.63, 3.8) is 0 Å². The molecule has 1 aromatic rings. The molecule has 6 heteroatoms. The van der Waals surface area contributed by atoms with Crippen LogP contribution in [-0.4, -0.2) is 28.4 Å². The van der Waals surface area contributed by atoms with Gasteiger partial charge in [0.2, 0.25) is 0 Å². The van der Waals surface area contributed by atoms with Crippen molar-refractivity contribution in [2.75, 3.05) is 6.61 Å². The predicted molar refractivity (Wildman–Crippen MR) is 56.2 cm³/mol. The van der Waals surface area contributed by atoms with Crippen molar-refractivity contribution in [1.29, 1.82) is 0 Å². The van der Waals surface area contributed by atoms with E-state index in [4.69, 9.17) is 10.5 Å². The van der Waals surface area contributed by atoms with Gasteiger partial charge in [0.25, 0.3) is 5.91 Å². The van der Waals surface area contributed by atoms with Gasteiger partial charge in [-0.05, 0) is 13.8 Å². The van der Waals surface area contributed by atoms with Gasteiger partial charge in [-0.1, -0.05) is 0 Å². The van der Waals surface area contributed by atoms with Crippen molar-refractivity contribution in [2.45, 2.75) is 20.8 Å². The summed E-state index contributed by atoms with van der Waals surface area (Å²) in [4.78, 5) is 21.8. The zero-order chi connectivity index (χ0) is 11.4. The number of nitrogens with two attached hydrogens (primary N) is 1. The average Bonchev–Trinajstić information content (AvgIpc) is 2.47. The van der Waals surface area contributed by atoms with Gasteiger partial charge in [-0.25, -0.2) is 4.98 Å². The quantitative estimate of drug-likeness (QED) is 0.573. The Hall–Kier alpha value is -1.85. The summed E-state index contributed by atoms with van der Waals surface area (Å²) in [6, 6.07) is 0. The van der Waals surface area contributed by atoms with E-state index >= 15 is 0 Å². The van der Waals surface area contributed by atoms with Crippen molar-refractivity contribution in [2.24, 2.45) is 10.7 Å². The van der Waals surface area contributed by atoms with Crippen LogP contribution in [-0.2, 0) is 4.74 Å². The molecular weight excluding hydrogens is 196 g/mol. The fraction of sp³-hybridized carbons (Fsp3) is 0.444. The lowest BCUT2D eigenvalue weighted by molar-refractivity contribution is 0.0996. The highest BCUT2D eigenvalue weighted by molar-refractivity contribution is 5.96. The minimum Gasteiger partial charge on any atom is -0.481 e. The summed E-state index contributed by atoms with van der Waals surface area (Å²) < 4.78 is 5.13. The van der Waals surface area contributed by atoms with Crippen LogP contribution in [0.15, 0.2) is 4.99 Å². The van der Waals surface area contributed by atoms with Crippen LogP contribution in [0.4, 0.5) is 5.82 Å². The molecular formula is C9H14N4O2. The van der Waals surface area contributed by atoms with Crippen LogP contribution < -0.4 is 5.73 Å². The van der Waals surface area contributed by atoms with Crippen molar-refractivity contribution >= 4 is 17.6 Å². The van der Waals surface area contributed by atoms with Gasteiger partial charge in [-0.3, -0.25) is 4.79 Å². The molecule has 0 saturated heterocycles. The van der Waals surface area contributed by atoms with Crippen molar-refractivity contribution in [3.05, 3.63) is 11.5 Å². The topological polar surface area (TPSA) is 93.4 Å². The van der Waals surface area contributed by atoms with E-state index in [-0.39, 0.29) is 11.5 Å². The van der Waals surface area contributed by atoms with Gasteiger partial charge >= 0.3 is 0 Å². The Morgan fingerprint density at radius 3 is 2.87 bits per heavy atom. The van der Waals surface area contributed by atoms with E-state index in [1.165, 1.54) is 0 Å². The second kappa shape index (κ2) is 4.59. The molecule has 0 aromatic carbocycles. The minimum atomic E-state index is -0.585. The fourth-order valence-electron chi connectivity index (χ4n) is 1.12. The van der Waals surface area contributed by atoms with Gasteiger partial charge in [0.05, 0.1) is 6.61 Å². The number of carbonyl (C=O) groups excluding carboxylic acids is 1. The third-order valence-corrected chi connectivity index (χ3v) is 1.67. The van der Waals surface area contributed by atoms with Gasteiger partial charge < -0.3 is 15.5 Å². The molecule has 1 amide bonds. The number of imidazole rings is 1. The molecule has 1 rings (SSSR count). The molecule has 0 radical (unpaired) electrons. The third kappa shape index (κ3) is 2.80. The number of hydrogen-bond donors (Lipinski definition) is 2. The zero-order valence-electron chi connectivity index (χ0n) is 9.00. The van der Waals surface area contributed by atoms with Crippen molar-refractivity contribution in [1.82, 2.24) is 9.97 Å². The van der Waals surface area contributed by atoms with Crippen LogP contribution in [0.3, 0.4) is 0 Å². The Labute approximate surface area is 87.6 Å². The molecule has 0 aliphatic carbocycles. The number of aliphatic imine (C=N–C) groups is 1. The summed E-state index contributed by atoms with van der Waals surface area (Å²) in [5, 5.41) is 0. The van der Waals surface area contributed by atoms with Gasteiger partial charge in [-0.2, -0.15) is 4.99 Å². The molecule has 3 N–H and O–H groups in total. The largest absolute Gasteiger partial charge is 0.481 e. The number of H-pyrrole nitrogens is 1. The molecule has 0 aliphatic rings. The first-order chi connectivity index (χ1) is 7.04. The summed E-state index contributed by atoms with van der Waals surface area (Å²) in [7, 11) is 0. The number of nitrogens with one attached hydrogen (secondary N) is 1. The highest BCUT2D eigenvalue weighted by atomic mass is 16.5. The standard InChI is InChI=1S/C9H14N4O2/c1-4-15-6(3)13-9-7(8(10)14)11-5(2)12-9/h4H2,1-3H3,(H2,10,14)(H,11,12). The van der Waals surface area contributed by atoms with Gasteiger partial charge in [-0.15, -0.1) is 0 Å². The summed E-state index contributed by atoms with van der Waals surface area (Å²) in [5.74, 6) is 0.725. The SMILES string of the molecule is CCOC(C)=Nc1nc(C)[nH]c1C(N)=O. The number of carbonyl (C=O) groups is 1. The third-order valence-electron chi connectivity index (χ3n) is 1.67. The molecule has 0 aliphatic heterocycles. The number of rotatable bonds is 3. The summed E-state index contributed by atoms with van der Waals surface area (Å²) in [6.45, 7) is 5.79. The molecule has 0 saturated carbocycles. The lowest BCUT2D eigenvalue weighted by atomic mass is 10.4. The number of amides is 1. The maximum absolute atomic E-state index is 11.0. The first-order valence-electron chi connectivity index (χ1n) is 4.59. The first kappa shape index (κ1) is 11.2. The lowest BCUT2D eigenvalue weighted by Crippen LogP contribution is -2.12. The van der Waals surface area contributed by atoms with E-state index in [1.807, 2.05) is 6.92 Å². The van der Waals surface area contributed by atoms with E-state index in [2.05, 4.69) is 15.0 Å². The molecule has 15 heavy (non-hydrogen) atoms. The zero-order valence-corrected chi connectivity index (χ0v) is 9.00. The Kier molecular flexibility index (Phi) is 3.43. The van der Waals surface area contributed by atoms with Crippen LogP contribution in [0.1, 0.15) is 30.2 Å². The number of aromatic nitrogens is 2. The Bertz CT molecular complexity index is 395. The minimum absolute atomic E-state index is 0.201. The molecule has 1 aromatic heterocycles. The van der Waals surface area contributed by atoms with Crippen molar-refractivity contribution in [3.8, 4) is 0 Å². The van der Waals surface area contributed by atoms with E-state index in [0.29, 0.717) is 18.3 Å². The smallest absolute Gasteiger partial charge is 0.269 e. The van der Waals surface area contributed by atoms with E-state index in [1.54, 1.807) is 13.8 Å². The van der Waals surface area contributed by atoms with Gasteiger partial charge in [0.15, 0.2) is 17.4 Å². The molecule has 0 bridgehead atoms. The average molecular weight is 210 g/mol. The molecule has 0 unspecified atom stereocenters. The number of aromatic amines is 1. The number of nitrogens with zero attached hydrogens (tertiary/aromatic N) is 2. The highest BCUT2D eigenvalue weighted by Crippen LogP contribution is 2.15.